The molecule has 1 fully saturated rings. The van der Waals surface area contributed by atoms with E-state index in [0.717, 1.165) is 12.8 Å². The van der Waals surface area contributed by atoms with Gasteiger partial charge in [0.1, 0.15) is 18.5 Å². The number of carbonyl (C=O) groups is 2. The zero-order chi connectivity index (χ0) is 20.8. The lowest BCUT2D eigenvalue weighted by molar-refractivity contribution is -0.136. The van der Waals surface area contributed by atoms with Crippen LogP contribution >= 0.6 is 0 Å². The van der Waals surface area contributed by atoms with E-state index in [1.165, 1.54) is 12.0 Å². The fraction of sp³-hybridized carbons (Fsp3) is 0.500. The molecule has 2 heterocycles. The Morgan fingerprint density at radius 3 is 2.52 bits per heavy atom. The minimum atomic E-state index is -0.141. The van der Waals surface area contributed by atoms with Crippen molar-refractivity contribution in [1.29, 1.82) is 0 Å². The molecule has 1 saturated heterocycles. The van der Waals surface area contributed by atoms with Gasteiger partial charge in [-0.3, -0.25) is 9.59 Å². The quantitative estimate of drug-likeness (QED) is 0.695. The third-order valence-electron chi connectivity index (χ3n) is 4.76. The molecular weight excluding hydrogens is 376 g/mol. The van der Waals surface area contributed by atoms with Crippen LogP contribution < -0.4 is 4.74 Å². The van der Waals surface area contributed by atoms with E-state index in [-0.39, 0.29) is 31.1 Å². The average molecular weight is 402 g/mol. The van der Waals surface area contributed by atoms with E-state index < -0.39 is 0 Å². The number of nitrogens with zero attached hydrogens (tertiary/aromatic N) is 4. The fourth-order valence-corrected chi connectivity index (χ4v) is 3.21. The largest absolute Gasteiger partial charge is 0.490 e. The van der Waals surface area contributed by atoms with Crippen molar-refractivity contribution in [2.24, 2.45) is 0 Å². The van der Waals surface area contributed by atoms with E-state index in [0.29, 0.717) is 36.1 Å². The van der Waals surface area contributed by atoms with Gasteiger partial charge in [0.25, 0.3) is 5.91 Å². The van der Waals surface area contributed by atoms with Crippen LogP contribution in [0.15, 0.2) is 28.8 Å². The van der Waals surface area contributed by atoms with Gasteiger partial charge in [0, 0.05) is 45.7 Å². The van der Waals surface area contributed by atoms with E-state index in [2.05, 4.69) is 10.1 Å². The Balaban J connectivity index is 1.50. The van der Waals surface area contributed by atoms with E-state index in [1.807, 2.05) is 0 Å². The number of carbonyl (C=O) groups excluding carboxylic acids is 2. The predicted octanol–water partition coefficient (Wildman–Crippen LogP) is 1.67. The first-order valence-corrected chi connectivity index (χ1v) is 9.54. The number of aromatic nitrogens is 2. The van der Waals surface area contributed by atoms with E-state index in [9.17, 15) is 9.59 Å². The Kier molecular flexibility index (Phi) is 6.82. The van der Waals surface area contributed by atoms with Crippen LogP contribution in [0.1, 0.15) is 34.9 Å². The molecule has 0 N–H and O–H groups in total. The molecule has 0 spiro atoms. The van der Waals surface area contributed by atoms with Gasteiger partial charge < -0.3 is 23.8 Å². The first-order valence-electron chi connectivity index (χ1n) is 9.54. The molecule has 2 aromatic rings. The number of piperidine rings is 1. The molecule has 1 aliphatic rings. The first kappa shape index (κ1) is 20.8. The zero-order valence-electron chi connectivity index (χ0n) is 17.0. The van der Waals surface area contributed by atoms with Gasteiger partial charge >= 0.3 is 0 Å². The summed E-state index contributed by atoms with van der Waals surface area (Å²) in [6.07, 6.45) is 1.58. The summed E-state index contributed by atoms with van der Waals surface area (Å²) in [7, 11) is 3.21. The molecule has 3 rings (SSSR count). The van der Waals surface area contributed by atoms with E-state index in [4.69, 9.17) is 14.0 Å². The molecule has 156 valence electrons. The molecular formula is C20H26N4O5. The molecule has 0 unspecified atom stereocenters. The van der Waals surface area contributed by atoms with Gasteiger partial charge in [-0.15, -0.1) is 0 Å². The van der Waals surface area contributed by atoms with Crippen LogP contribution in [0.2, 0.25) is 0 Å². The second-order valence-corrected chi connectivity index (χ2v) is 7.05. The topological polar surface area (TPSA) is 98.0 Å². The maximum Gasteiger partial charge on any atom is 0.254 e. The van der Waals surface area contributed by atoms with Gasteiger partial charge in [0.2, 0.25) is 11.8 Å². The zero-order valence-corrected chi connectivity index (χ0v) is 17.0. The van der Waals surface area contributed by atoms with Gasteiger partial charge in [-0.1, -0.05) is 5.16 Å². The minimum Gasteiger partial charge on any atom is -0.490 e. The molecule has 9 nitrogen and oxygen atoms in total. The number of methoxy groups -OCH3 is 1. The second kappa shape index (κ2) is 9.51. The summed E-state index contributed by atoms with van der Waals surface area (Å²) in [5, 5.41) is 3.72. The molecule has 0 atom stereocenters. The third-order valence-corrected chi connectivity index (χ3v) is 4.76. The standard InChI is InChI=1S/C20H26N4O5/c1-14-21-18(29-22-14)12-23(2)20(26)15-4-6-16(7-5-15)28-17-8-10-24(11-9-17)19(25)13-27-3/h4-7,17H,8-13H2,1-3H3. The summed E-state index contributed by atoms with van der Waals surface area (Å²) in [6, 6.07) is 7.07. The van der Waals surface area contributed by atoms with Gasteiger partial charge in [0.05, 0.1) is 6.54 Å². The number of rotatable bonds is 7. The maximum atomic E-state index is 12.6. The summed E-state index contributed by atoms with van der Waals surface area (Å²) < 4.78 is 16.0. The summed E-state index contributed by atoms with van der Waals surface area (Å²) in [5.74, 6) is 1.51. The van der Waals surface area contributed by atoms with Gasteiger partial charge in [0.15, 0.2) is 5.82 Å². The Hall–Kier alpha value is -2.94. The molecule has 0 saturated carbocycles. The van der Waals surface area contributed by atoms with Crippen LogP contribution in [-0.4, -0.2) is 71.7 Å². The SMILES string of the molecule is COCC(=O)N1CCC(Oc2ccc(C(=O)N(C)Cc3nc(C)no3)cc2)CC1. The highest BCUT2D eigenvalue weighted by Gasteiger charge is 2.24. The van der Waals surface area contributed by atoms with Crippen LogP contribution in [0.25, 0.3) is 0 Å². The fourth-order valence-electron chi connectivity index (χ4n) is 3.21. The molecule has 29 heavy (non-hydrogen) atoms. The van der Waals surface area contributed by atoms with Crippen molar-refractivity contribution in [3.8, 4) is 5.75 Å². The Bertz CT molecular complexity index is 828. The lowest BCUT2D eigenvalue weighted by atomic mass is 10.1. The Morgan fingerprint density at radius 2 is 1.93 bits per heavy atom. The summed E-state index contributed by atoms with van der Waals surface area (Å²) in [4.78, 5) is 31.8. The molecule has 0 bridgehead atoms. The van der Waals surface area contributed by atoms with Crippen LogP contribution in [0.5, 0.6) is 5.75 Å². The van der Waals surface area contributed by atoms with Crippen molar-refractivity contribution in [2.75, 3.05) is 33.9 Å². The number of aryl methyl sites for hydroxylation is 1. The van der Waals surface area contributed by atoms with Gasteiger partial charge in [-0.2, -0.15) is 4.98 Å². The highest BCUT2D eigenvalue weighted by molar-refractivity contribution is 5.94. The van der Waals surface area contributed by atoms with Crippen molar-refractivity contribution in [3.05, 3.63) is 41.5 Å². The van der Waals surface area contributed by atoms with Gasteiger partial charge in [-0.05, 0) is 31.2 Å². The molecule has 1 aromatic carbocycles. The highest BCUT2D eigenvalue weighted by atomic mass is 16.5. The van der Waals surface area contributed by atoms with Crippen molar-refractivity contribution < 1.29 is 23.6 Å². The molecule has 1 aromatic heterocycles. The van der Waals surface area contributed by atoms with Crippen LogP contribution in [0.3, 0.4) is 0 Å². The molecule has 1 aliphatic heterocycles. The van der Waals surface area contributed by atoms with Crippen molar-refractivity contribution >= 4 is 11.8 Å². The summed E-state index contributed by atoms with van der Waals surface area (Å²) in [5.41, 5.74) is 0.552. The monoisotopic (exact) mass is 402 g/mol. The number of ether oxygens (including phenoxy) is 2. The van der Waals surface area contributed by atoms with E-state index >= 15 is 0 Å². The van der Waals surface area contributed by atoms with Crippen molar-refractivity contribution in [2.45, 2.75) is 32.4 Å². The predicted molar refractivity (Wildman–Crippen MR) is 103 cm³/mol. The Labute approximate surface area is 169 Å². The lowest BCUT2D eigenvalue weighted by Gasteiger charge is -2.32. The normalized spacial score (nSPS) is 14.7. The average Bonchev–Trinajstić information content (AvgIpc) is 3.13. The molecule has 0 radical (unpaired) electrons. The lowest BCUT2D eigenvalue weighted by Crippen LogP contribution is -2.43. The molecule has 0 aliphatic carbocycles. The Morgan fingerprint density at radius 1 is 1.24 bits per heavy atom. The second-order valence-electron chi connectivity index (χ2n) is 7.05. The van der Waals surface area contributed by atoms with Crippen LogP contribution in [-0.2, 0) is 16.1 Å². The number of amides is 2. The number of hydrogen-bond donors (Lipinski definition) is 0. The third kappa shape index (κ3) is 5.54. The molecule has 9 heteroatoms. The summed E-state index contributed by atoms with van der Waals surface area (Å²) in [6.45, 7) is 3.40. The first-order chi connectivity index (χ1) is 14.0. The van der Waals surface area contributed by atoms with Crippen molar-refractivity contribution in [1.82, 2.24) is 19.9 Å². The van der Waals surface area contributed by atoms with Crippen LogP contribution in [0.4, 0.5) is 0 Å². The number of benzene rings is 1. The van der Waals surface area contributed by atoms with Crippen molar-refractivity contribution in [3.63, 3.8) is 0 Å². The number of likely N-dealkylation sites (tertiary alicyclic amines) is 1. The minimum absolute atomic E-state index is 0.00799. The highest BCUT2D eigenvalue weighted by Crippen LogP contribution is 2.20. The molecule has 2 amide bonds. The van der Waals surface area contributed by atoms with Gasteiger partial charge in [-0.25, -0.2) is 0 Å². The maximum absolute atomic E-state index is 12.6. The van der Waals surface area contributed by atoms with E-state index in [1.54, 1.807) is 43.1 Å². The summed E-state index contributed by atoms with van der Waals surface area (Å²) >= 11 is 0. The number of hydrogen-bond acceptors (Lipinski definition) is 7. The smallest absolute Gasteiger partial charge is 0.254 e. The van der Waals surface area contributed by atoms with Crippen LogP contribution in [0, 0.1) is 6.92 Å².